The molecule has 108 valence electrons. The van der Waals surface area contributed by atoms with Crippen LogP contribution in [0.25, 0.3) is 0 Å². The highest BCUT2D eigenvalue weighted by atomic mass is 127. The third-order valence-corrected chi connectivity index (χ3v) is 4.25. The van der Waals surface area contributed by atoms with Gasteiger partial charge in [-0.25, -0.2) is 9.38 Å². The summed E-state index contributed by atoms with van der Waals surface area (Å²) in [5.41, 5.74) is -1.30. The molecule has 0 N–H and O–H groups in total. The maximum absolute atomic E-state index is 13.8. The second-order valence-electron chi connectivity index (χ2n) is 4.39. The Kier molecular flexibility index (Phi) is 4.36. The number of alkyl halides is 3. The van der Waals surface area contributed by atoms with Gasteiger partial charge < -0.3 is 4.90 Å². The first-order valence-corrected chi connectivity index (χ1v) is 6.87. The van der Waals surface area contributed by atoms with Crippen molar-refractivity contribution in [2.75, 3.05) is 0 Å². The van der Waals surface area contributed by atoms with E-state index >= 15 is 0 Å². The van der Waals surface area contributed by atoms with Gasteiger partial charge in [-0.05, 0) is 41.6 Å². The zero-order valence-corrected chi connectivity index (χ0v) is 12.6. The first-order valence-electron chi connectivity index (χ1n) is 5.80. The van der Waals surface area contributed by atoms with Gasteiger partial charge >= 0.3 is 6.18 Å². The number of benzene rings is 1. The van der Waals surface area contributed by atoms with Crippen LogP contribution in [0.2, 0.25) is 0 Å². The summed E-state index contributed by atoms with van der Waals surface area (Å²) >= 11 is 2.06. The average molecular weight is 398 g/mol. The van der Waals surface area contributed by atoms with E-state index in [9.17, 15) is 17.6 Å². The molecule has 0 amide bonds. The van der Waals surface area contributed by atoms with Gasteiger partial charge in [-0.3, -0.25) is 0 Å². The Balaban J connectivity index is 2.35. The van der Waals surface area contributed by atoms with Gasteiger partial charge in [0, 0.05) is 21.9 Å². The lowest BCUT2D eigenvalue weighted by Crippen LogP contribution is -2.34. The summed E-state index contributed by atoms with van der Waals surface area (Å²) in [6.45, 7) is 1.66. The molecule has 1 unspecified atom stereocenters. The molecule has 20 heavy (non-hydrogen) atoms. The highest BCUT2D eigenvalue weighted by Crippen LogP contribution is 2.34. The SMILES string of the molecule is CC1C(I)=CN=CN1Cc1c(F)cccc1C(F)(F)F. The number of hydrogen-bond acceptors (Lipinski definition) is 2. The quantitative estimate of drug-likeness (QED) is 0.534. The van der Waals surface area contributed by atoms with E-state index in [-0.39, 0.29) is 18.2 Å². The normalized spacial score (nSPS) is 19.2. The maximum Gasteiger partial charge on any atom is 0.416 e. The lowest BCUT2D eigenvalue weighted by atomic mass is 10.1. The molecule has 1 aliphatic rings. The number of rotatable bonds is 2. The summed E-state index contributed by atoms with van der Waals surface area (Å²) in [5, 5.41) is 0. The Morgan fingerprint density at radius 2 is 2.05 bits per heavy atom. The minimum absolute atomic E-state index is 0.131. The fourth-order valence-electron chi connectivity index (χ4n) is 1.90. The molecule has 1 aromatic carbocycles. The molecule has 1 aliphatic heterocycles. The van der Waals surface area contributed by atoms with Crippen molar-refractivity contribution in [3.8, 4) is 0 Å². The van der Waals surface area contributed by atoms with Crippen molar-refractivity contribution in [2.24, 2.45) is 4.99 Å². The van der Waals surface area contributed by atoms with Crippen molar-refractivity contribution in [2.45, 2.75) is 25.7 Å². The molecule has 0 saturated heterocycles. The van der Waals surface area contributed by atoms with Gasteiger partial charge in [0.15, 0.2) is 0 Å². The van der Waals surface area contributed by atoms with E-state index in [1.807, 2.05) is 6.92 Å². The van der Waals surface area contributed by atoms with Crippen molar-refractivity contribution in [3.05, 3.63) is 44.9 Å². The van der Waals surface area contributed by atoms with Crippen LogP contribution in [0.15, 0.2) is 33.0 Å². The summed E-state index contributed by atoms with van der Waals surface area (Å²) < 4.78 is 53.4. The molecule has 2 rings (SSSR count). The van der Waals surface area contributed by atoms with Crippen molar-refractivity contribution in [1.82, 2.24) is 4.90 Å². The molecule has 0 fully saturated rings. The molecule has 7 heteroatoms. The Morgan fingerprint density at radius 3 is 2.70 bits per heavy atom. The predicted molar refractivity (Wildman–Crippen MR) is 77.0 cm³/mol. The van der Waals surface area contributed by atoms with Crippen LogP contribution in [0.5, 0.6) is 0 Å². The van der Waals surface area contributed by atoms with Gasteiger partial charge in [-0.15, -0.1) is 0 Å². The van der Waals surface area contributed by atoms with Gasteiger partial charge in [-0.2, -0.15) is 13.2 Å². The van der Waals surface area contributed by atoms with Crippen LogP contribution in [-0.4, -0.2) is 17.3 Å². The molecule has 1 aromatic rings. The predicted octanol–water partition coefficient (Wildman–Crippen LogP) is 4.35. The fraction of sp³-hybridized carbons (Fsp3) is 0.308. The summed E-state index contributed by atoms with van der Waals surface area (Å²) in [5.74, 6) is -0.856. The lowest BCUT2D eigenvalue weighted by Gasteiger charge is -2.30. The third kappa shape index (κ3) is 3.13. The molecule has 0 spiro atoms. The molecule has 2 nitrogen and oxygen atoms in total. The van der Waals surface area contributed by atoms with Crippen LogP contribution in [0, 0.1) is 5.82 Å². The number of nitrogens with zero attached hydrogens (tertiary/aromatic N) is 2. The van der Waals surface area contributed by atoms with Gasteiger partial charge in [0.25, 0.3) is 0 Å². The van der Waals surface area contributed by atoms with Crippen LogP contribution in [-0.2, 0) is 12.7 Å². The standard InChI is InChI=1S/C13H11F4IN2/c1-8-12(18)5-19-7-20(8)6-9-10(13(15,16)17)3-2-4-11(9)14/h2-5,7-8H,6H2,1H3. The van der Waals surface area contributed by atoms with Crippen LogP contribution in [0.4, 0.5) is 17.6 Å². The minimum Gasteiger partial charge on any atom is -0.351 e. The van der Waals surface area contributed by atoms with Crippen LogP contribution in [0.1, 0.15) is 18.1 Å². The van der Waals surface area contributed by atoms with E-state index in [0.29, 0.717) is 0 Å². The van der Waals surface area contributed by atoms with Crippen molar-refractivity contribution in [3.63, 3.8) is 0 Å². The van der Waals surface area contributed by atoms with Gasteiger partial charge in [0.05, 0.1) is 17.9 Å². The molecule has 0 aromatic heterocycles. The highest BCUT2D eigenvalue weighted by Gasteiger charge is 2.35. The summed E-state index contributed by atoms with van der Waals surface area (Å²) in [7, 11) is 0. The highest BCUT2D eigenvalue weighted by molar-refractivity contribution is 14.1. The average Bonchev–Trinajstić information content (AvgIpc) is 2.36. The maximum atomic E-state index is 13.8. The Bertz CT molecular complexity index is 566. The molecule has 0 aliphatic carbocycles. The summed E-state index contributed by atoms with van der Waals surface area (Å²) in [4.78, 5) is 5.51. The second-order valence-corrected chi connectivity index (χ2v) is 5.64. The van der Waals surface area contributed by atoms with Crippen LogP contribution < -0.4 is 0 Å². The molecule has 0 saturated carbocycles. The van der Waals surface area contributed by atoms with Crippen molar-refractivity contribution >= 4 is 28.9 Å². The van der Waals surface area contributed by atoms with Crippen LogP contribution >= 0.6 is 22.6 Å². The van der Waals surface area contributed by atoms with Gasteiger partial charge in [-0.1, -0.05) is 6.07 Å². The van der Waals surface area contributed by atoms with E-state index in [1.165, 1.54) is 6.34 Å². The molecular weight excluding hydrogens is 387 g/mol. The zero-order chi connectivity index (χ0) is 14.9. The first-order chi connectivity index (χ1) is 9.30. The van der Waals surface area contributed by atoms with Crippen LogP contribution in [0.3, 0.4) is 0 Å². The first kappa shape index (κ1) is 15.3. The molecule has 0 radical (unpaired) electrons. The number of aliphatic imine (C=N–C) groups is 1. The van der Waals surface area contributed by atoms with E-state index in [0.717, 1.165) is 21.8 Å². The topological polar surface area (TPSA) is 15.6 Å². The molecule has 1 atom stereocenters. The smallest absolute Gasteiger partial charge is 0.351 e. The third-order valence-electron chi connectivity index (χ3n) is 3.07. The van der Waals surface area contributed by atoms with E-state index < -0.39 is 17.6 Å². The zero-order valence-electron chi connectivity index (χ0n) is 10.5. The van der Waals surface area contributed by atoms with Crippen molar-refractivity contribution in [1.29, 1.82) is 0 Å². The van der Waals surface area contributed by atoms with Gasteiger partial charge in [0.1, 0.15) is 5.82 Å². The van der Waals surface area contributed by atoms with E-state index in [4.69, 9.17) is 0 Å². The van der Waals surface area contributed by atoms with E-state index in [1.54, 1.807) is 11.1 Å². The fourth-order valence-corrected chi connectivity index (χ4v) is 2.42. The second kappa shape index (κ2) is 5.71. The Hall–Kier alpha value is -1.12. The number of halogens is 5. The van der Waals surface area contributed by atoms with Crippen molar-refractivity contribution < 1.29 is 17.6 Å². The molecule has 1 heterocycles. The minimum atomic E-state index is -4.57. The van der Waals surface area contributed by atoms with Gasteiger partial charge in [0.2, 0.25) is 0 Å². The van der Waals surface area contributed by atoms with E-state index in [2.05, 4.69) is 27.6 Å². The summed E-state index contributed by atoms with van der Waals surface area (Å²) in [6.07, 6.45) is -1.51. The largest absolute Gasteiger partial charge is 0.416 e. The monoisotopic (exact) mass is 398 g/mol. The lowest BCUT2D eigenvalue weighted by molar-refractivity contribution is -0.138. The summed E-state index contributed by atoms with van der Waals surface area (Å²) in [6, 6.07) is 2.87. The Morgan fingerprint density at radius 1 is 1.35 bits per heavy atom. The molecule has 0 bridgehead atoms. The molecular formula is C13H11F4IN2. The Labute approximate surface area is 127 Å². The number of hydrogen-bond donors (Lipinski definition) is 0.